The van der Waals surface area contributed by atoms with Gasteiger partial charge in [-0.15, -0.1) is 0 Å². The minimum atomic E-state index is -3.19. The van der Waals surface area contributed by atoms with Crippen molar-refractivity contribution in [1.29, 1.82) is 0 Å². The number of hydrogen-bond acceptors (Lipinski definition) is 3. The second-order valence-corrected chi connectivity index (χ2v) is 7.65. The van der Waals surface area contributed by atoms with Crippen molar-refractivity contribution in [2.75, 3.05) is 11.1 Å². The number of para-hydroxylation sites is 1. The van der Waals surface area contributed by atoms with Crippen LogP contribution in [0.3, 0.4) is 0 Å². The van der Waals surface area contributed by atoms with Crippen LogP contribution >= 0.6 is 0 Å². The fourth-order valence-corrected chi connectivity index (χ4v) is 3.69. The van der Waals surface area contributed by atoms with Gasteiger partial charge in [0, 0.05) is 12.0 Å². The van der Waals surface area contributed by atoms with Crippen LogP contribution in [0.15, 0.2) is 59.5 Å². The average molecular weight is 301 g/mol. The summed E-state index contributed by atoms with van der Waals surface area (Å²) < 4.78 is 24.3. The van der Waals surface area contributed by atoms with E-state index in [4.69, 9.17) is 0 Å². The molecule has 0 aromatic heterocycles. The molecular weight excluding hydrogens is 282 g/mol. The molecule has 1 N–H and O–H groups in total. The molecule has 0 amide bonds. The zero-order valence-electron chi connectivity index (χ0n) is 12.0. The summed E-state index contributed by atoms with van der Waals surface area (Å²) in [6.45, 7) is 1.68. The molecular formula is C17H19NO2S. The standard InChI is InChI=1S/C17H19NO2S/c1-2-21(19,20)17-11-7-6-10-15(17)18-16-12-14(16)13-8-4-3-5-9-13/h3-11,14,16,18H,2,12H2,1H3. The third-order valence-electron chi connectivity index (χ3n) is 3.96. The van der Waals surface area contributed by atoms with E-state index in [1.807, 2.05) is 30.3 Å². The van der Waals surface area contributed by atoms with Gasteiger partial charge in [-0.1, -0.05) is 49.4 Å². The second-order valence-electron chi connectivity index (χ2n) is 5.40. The molecule has 0 aliphatic heterocycles. The predicted molar refractivity (Wildman–Crippen MR) is 85.4 cm³/mol. The highest BCUT2D eigenvalue weighted by Crippen LogP contribution is 2.43. The van der Waals surface area contributed by atoms with Crippen molar-refractivity contribution in [2.24, 2.45) is 0 Å². The summed E-state index contributed by atoms with van der Waals surface area (Å²) in [7, 11) is -3.19. The third-order valence-corrected chi connectivity index (χ3v) is 5.75. The molecule has 2 atom stereocenters. The second kappa shape index (κ2) is 5.53. The number of anilines is 1. The van der Waals surface area contributed by atoms with Gasteiger partial charge in [-0.3, -0.25) is 0 Å². The van der Waals surface area contributed by atoms with E-state index < -0.39 is 9.84 Å². The van der Waals surface area contributed by atoms with Crippen LogP contribution in [0.25, 0.3) is 0 Å². The van der Waals surface area contributed by atoms with E-state index >= 15 is 0 Å². The van der Waals surface area contributed by atoms with Crippen molar-refractivity contribution in [3.63, 3.8) is 0 Å². The first-order valence-corrected chi connectivity index (χ1v) is 8.90. The van der Waals surface area contributed by atoms with Crippen LogP contribution in [0, 0.1) is 0 Å². The first-order valence-electron chi connectivity index (χ1n) is 7.25. The summed E-state index contributed by atoms with van der Waals surface area (Å²) in [5.41, 5.74) is 2.04. The van der Waals surface area contributed by atoms with Gasteiger partial charge in [-0.2, -0.15) is 0 Å². The molecule has 2 aromatic rings. The molecule has 3 nitrogen and oxygen atoms in total. The van der Waals surface area contributed by atoms with E-state index in [1.165, 1.54) is 5.56 Å². The van der Waals surface area contributed by atoms with E-state index in [-0.39, 0.29) is 5.75 Å². The Balaban J connectivity index is 1.79. The SMILES string of the molecule is CCS(=O)(=O)c1ccccc1NC1CC1c1ccccc1. The van der Waals surface area contributed by atoms with Crippen LogP contribution in [0.2, 0.25) is 0 Å². The average Bonchev–Trinajstić information content (AvgIpc) is 3.28. The van der Waals surface area contributed by atoms with Gasteiger partial charge < -0.3 is 5.32 Å². The van der Waals surface area contributed by atoms with Crippen LogP contribution in [0.5, 0.6) is 0 Å². The first kappa shape index (κ1) is 14.1. The van der Waals surface area contributed by atoms with E-state index in [0.717, 1.165) is 12.1 Å². The monoisotopic (exact) mass is 301 g/mol. The fraction of sp³-hybridized carbons (Fsp3) is 0.294. The minimum Gasteiger partial charge on any atom is -0.381 e. The molecule has 0 spiro atoms. The number of rotatable bonds is 5. The van der Waals surface area contributed by atoms with Gasteiger partial charge in [0.25, 0.3) is 0 Å². The van der Waals surface area contributed by atoms with Crippen molar-refractivity contribution < 1.29 is 8.42 Å². The highest BCUT2D eigenvalue weighted by Gasteiger charge is 2.38. The van der Waals surface area contributed by atoms with E-state index in [2.05, 4.69) is 17.4 Å². The van der Waals surface area contributed by atoms with Crippen LogP contribution in [-0.2, 0) is 9.84 Å². The topological polar surface area (TPSA) is 46.2 Å². The molecule has 1 fully saturated rings. The first-order chi connectivity index (χ1) is 10.1. The largest absolute Gasteiger partial charge is 0.381 e. The van der Waals surface area contributed by atoms with Gasteiger partial charge in [0.05, 0.1) is 16.3 Å². The third kappa shape index (κ3) is 2.95. The molecule has 0 saturated heterocycles. The fourth-order valence-electron chi connectivity index (χ4n) is 2.64. The number of hydrogen-bond donors (Lipinski definition) is 1. The molecule has 1 aliphatic carbocycles. The van der Waals surface area contributed by atoms with Gasteiger partial charge in [0.15, 0.2) is 9.84 Å². The summed E-state index contributed by atoms with van der Waals surface area (Å²) in [6.07, 6.45) is 1.05. The molecule has 2 aromatic carbocycles. The Morgan fingerprint density at radius 3 is 2.43 bits per heavy atom. The van der Waals surface area contributed by atoms with Gasteiger partial charge in [-0.25, -0.2) is 8.42 Å². The number of nitrogens with one attached hydrogen (secondary N) is 1. The molecule has 0 radical (unpaired) electrons. The van der Waals surface area contributed by atoms with Gasteiger partial charge >= 0.3 is 0 Å². The quantitative estimate of drug-likeness (QED) is 0.920. The lowest BCUT2D eigenvalue weighted by molar-refractivity contribution is 0.597. The van der Waals surface area contributed by atoms with Gasteiger partial charge in [-0.05, 0) is 24.1 Å². The summed E-state index contributed by atoms with van der Waals surface area (Å²) in [5.74, 6) is 0.599. The van der Waals surface area contributed by atoms with E-state index in [0.29, 0.717) is 16.9 Å². The predicted octanol–water partition coefficient (Wildman–Crippen LogP) is 3.45. The maximum atomic E-state index is 12.1. The molecule has 0 heterocycles. The normalized spacial score (nSPS) is 21.0. The Labute approximate surface area is 125 Å². The lowest BCUT2D eigenvalue weighted by atomic mass is 10.1. The Kier molecular flexibility index (Phi) is 3.72. The molecule has 4 heteroatoms. The lowest BCUT2D eigenvalue weighted by Gasteiger charge is -2.11. The molecule has 3 rings (SSSR count). The lowest BCUT2D eigenvalue weighted by Crippen LogP contribution is -2.11. The number of sulfone groups is 1. The van der Waals surface area contributed by atoms with Crippen LogP contribution in [0.4, 0.5) is 5.69 Å². The highest BCUT2D eigenvalue weighted by molar-refractivity contribution is 7.91. The van der Waals surface area contributed by atoms with Crippen molar-refractivity contribution in [1.82, 2.24) is 0 Å². The molecule has 0 bridgehead atoms. The highest BCUT2D eigenvalue weighted by atomic mass is 32.2. The molecule has 1 aliphatic rings. The van der Waals surface area contributed by atoms with Crippen molar-refractivity contribution in [3.05, 3.63) is 60.2 Å². The van der Waals surface area contributed by atoms with Gasteiger partial charge in [0.2, 0.25) is 0 Å². The van der Waals surface area contributed by atoms with E-state index in [9.17, 15) is 8.42 Å². The zero-order chi connectivity index (χ0) is 14.9. The summed E-state index contributed by atoms with van der Waals surface area (Å²) in [6, 6.07) is 17.8. The molecule has 110 valence electrons. The Hall–Kier alpha value is -1.81. The van der Waals surface area contributed by atoms with E-state index in [1.54, 1.807) is 19.1 Å². The molecule has 2 unspecified atom stereocenters. The van der Waals surface area contributed by atoms with Gasteiger partial charge in [0.1, 0.15) is 0 Å². The summed E-state index contributed by atoms with van der Waals surface area (Å²) in [5, 5.41) is 3.39. The maximum Gasteiger partial charge on any atom is 0.180 e. The minimum absolute atomic E-state index is 0.123. The zero-order valence-corrected chi connectivity index (χ0v) is 12.8. The summed E-state index contributed by atoms with van der Waals surface area (Å²) in [4.78, 5) is 0.409. The van der Waals surface area contributed by atoms with Crippen LogP contribution in [0.1, 0.15) is 24.8 Å². The van der Waals surface area contributed by atoms with Crippen LogP contribution in [-0.4, -0.2) is 20.2 Å². The van der Waals surface area contributed by atoms with Crippen molar-refractivity contribution in [3.8, 4) is 0 Å². The molecule has 21 heavy (non-hydrogen) atoms. The van der Waals surface area contributed by atoms with Crippen molar-refractivity contribution >= 4 is 15.5 Å². The Morgan fingerprint density at radius 2 is 1.71 bits per heavy atom. The number of benzene rings is 2. The smallest absolute Gasteiger partial charge is 0.180 e. The Morgan fingerprint density at radius 1 is 1.05 bits per heavy atom. The summed E-state index contributed by atoms with van der Waals surface area (Å²) >= 11 is 0. The Bertz CT molecular complexity index is 725. The van der Waals surface area contributed by atoms with Crippen LogP contribution < -0.4 is 5.32 Å². The maximum absolute atomic E-state index is 12.1. The molecule has 1 saturated carbocycles. The van der Waals surface area contributed by atoms with Crippen molar-refractivity contribution in [2.45, 2.75) is 30.2 Å².